The smallest absolute Gasteiger partial charge is 0.353 e. The first kappa shape index (κ1) is 19.7. The highest BCUT2D eigenvalue weighted by Crippen LogP contribution is 2.36. The highest BCUT2D eigenvalue weighted by molar-refractivity contribution is 6.42. The van der Waals surface area contributed by atoms with E-state index in [-0.39, 0.29) is 17.3 Å². The standard InChI is InChI=1S/C18H15Cl2N5O3/c1-2-28-15-6-4-3-5-14(15)24-18-16(25(26)27)17(21-10-22-18)23-11-7-8-12(19)13(20)9-11/h3-10H,2H2,1H3,(H2,21,22,23,24). The van der Waals surface area contributed by atoms with Gasteiger partial charge in [0.2, 0.25) is 11.6 Å². The van der Waals surface area contributed by atoms with Crippen molar-refractivity contribution in [2.45, 2.75) is 6.92 Å². The maximum atomic E-state index is 11.7. The van der Waals surface area contributed by atoms with Gasteiger partial charge in [-0.15, -0.1) is 0 Å². The second-order valence-corrected chi connectivity index (χ2v) is 6.30. The Morgan fingerprint density at radius 2 is 1.79 bits per heavy atom. The van der Waals surface area contributed by atoms with Crippen molar-refractivity contribution in [3.05, 3.63) is 69.0 Å². The molecule has 0 atom stereocenters. The zero-order chi connectivity index (χ0) is 20.1. The van der Waals surface area contributed by atoms with Crippen molar-refractivity contribution in [2.75, 3.05) is 17.2 Å². The van der Waals surface area contributed by atoms with Crippen LogP contribution in [0.2, 0.25) is 10.0 Å². The molecule has 8 nitrogen and oxygen atoms in total. The van der Waals surface area contributed by atoms with Crippen LogP contribution in [0.1, 0.15) is 6.92 Å². The fraction of sp³-hybridized carbons (Fsp3) is 0.111. The van der Waals surface area contributed by atoms with Crippen LogP contribution in [0.5, 0.6) is 5.75 Å². The van der Waals surface area contributed by atoms with E-state index in [0.29, 0.717) is 33.8 Å². The third kappa shape index (κ3) is 4.41. The van der Waals surface area contributed by atoms with Gasteiger partial charge in [0, 0.05) is 5.69 Å². The third-order valence-electron chi connectivity index (χ3n) is 3.63. The lowest BCUT2D eigenvalue weighted by Crippen LogP contribution is -2.06. The maximum absolute atomic E-state index is 11.7. The topological polar surface area (TPSA) is 102 Å². The van der Waals surface area contributed by atoms with Crippen molar-refractivity contribution < 1.29 is 9.66 Å². The van der Waals surface area contributed by atoms with E-state index >= 15 is 0 Å². The summed E-state index contributed by atoms with van der Waals surface area (Å²) in [6.45, 7) is 2.30. The molecule has 28 heavy (non-hydrogen) atoms. The molecule has 3 rings (SSSR count). The van der Waals surface area contributed by atoms with Gasteiger partial charge in [-0.05, 0) is 37.3 Å². The van der Waals surface area contributed by atoms with Gasteiger partial charge in [0.05, 0.1) is 27.3 Å². The molecular formula is C18H15Cl2N5O3. The molecule has 0 radical (unpaired) electrons. The molecule has 0 amide bonds. The summed E-state index contributed by atoms with van der Waals surface area (Å²) in [4.78, 5) is 19.2. The van der Waals surface area contributed by atoms with Gasteiger partial charge >= 0.3 is 5.69 Å². The summed E-state index contributed by atoms with van der Waals surface area (Å²) in [5, 5.41) is 18.2. The molecule has 3 aromatic rings. The number of ether oxygens (including phenoxy) is 1. The van der Waals surface area contributed by atoms with Crippen LogP contribution in [0.15, 0.2) is 48.8 Å². The maximum Gasteiger partial charge on any atom is 0.353 e. The van der Waals surface area contributed by atoms with Crippen LogP contribution in [-0.2, 0) is 0 Å². The molecule has 2 N–H and O–H groups in total. The number of nitrogens with one attached hydrogen (secondary N) is 2. The second-order valence-electron chi connectivity index (χ2n) is 5.48. The van der Waals surface area contributed by atoms with Gasteiger partial charge in [-0.25, -0.2) is 9.97 Å². The first-order chi connectivity index (χ1) is 13.5. The normalized spacial score (nSPS) is 10.4. The number of halogens is 2. The number of para-hydroxylation sites is 2. The van der Waals surface area contributed by atoms with E-state index < -0.39 is 4.92 Å². The summed E-state index contributed by atoms with van der Waals surface area (Å²) in [5.74, 6) is 0.585. The minimum absolute atomic E-state index is 0.00906. The van der Waals surface area contributed by atoms with Crippen molar-refractivity contribution in [1.82, 2.24) is 9.97 Å². The average Bonchev–Trinajstić information content (AvgIpc) is 2.66. The number of anilines is 4. The van der Waals surface area contributed by atoms with Crippen molar-refractivity contribution in [1.29, 1.82) is 0 Å². The Morgan fingerprint density at radius 3 is 2.46 bits per heavy atom. The van der Waals surface area contributed by atoms with E-state index in [2.05, 4.69) is 20.6 Å². The minimum atomic E-state index is -0.564. The Balaban J connectivity index is 1.98. The molecule has 0 aliphatic heterocycles. The predicted octanol–water partition coefficient (Wildman–Crippen LogP) is 5.58. The molecule has 1 heterocycles. The van der Waals surface area contributed by atoms with E-state index in [4.69, 9.17) is 27.9 Å². The number of nitro groups is 1. The van der Waals surface area contributed by atoms with Crippen LogP contribution >= 0.6 is 23.2 Å². The Morgan fingerprint density at radius 1 is 1.07 bits per heavy atom. The number of rotatable bonds is 7. The van der Waals surface area contributed by atoms with Crippen molar-refractivity contribution in [2.24, 2.45) is 0 Å². The number of aromatic nitrogens is 2. The summed E-state index contributed by atoms with van der Waals surface area (Å²) in [6, 6.07) is 11.9. The van der Waals surface area contributed by atoms with Crippen LogP contribution in [0, 0.1) is 10.1 Å². The third-order valence-corrected chi connectivity index (χ3v) is 4.37. The zero-order valence-electron chi connectivity index (χ0n) is 14.6. The fourth-order valence-corrected chi connectivity index (χ4v) is 2.72. The largest absolute Gasteiger partial charge is 0.492 e. The summed E-state index contributed by atoms with van der Waals surface area (Å²) >= 11 is 11.9. The molecule has 0 saturated carbocycles. The molecule has 2 aromatic carbocycles. The molecular weight excluding hydrogens is 405 g/mol. The van der Waals surface area contributed by atoms with Gasteiger partial charge in [-0.1, -0.05) is 35.3 Å². The highest BCUT2D eigenvalue weighted by atomic mass is 35.5. The zero-order valence-corrected chi connectivity index (χ0v) is 16.2. The van der Waals surface area contributed by atoms with E-state index in [9.17, 15) is 10.1 Å². The Hall–Kier alpha value is -3.10. The molecule has 0 aliphatic carbocycles. The Labute approximate surface area is 170 Å². The highest BCUT2D eigenvalue weighted by Gasteiger charge is 2.24. The number of hydrogen-bond donors (Lipinski definition) is 2. The summed E-state index contributed by atoms with van der Waals surface area (Å²) < 4.78 is 5.54. The first-order valence-corrected chi connectivity index (χ1v) is 8.95. The summed E-state index contributed by atoms with van der Waals surface area (Å²) in [6.07, 6.45) is 1.22. The van der Waals surface area contributed by atoms with E-state index in [1.807, 2.05) is 13.0 Å². The average molecular weight is 420 g/mol. The molecule has 0 aliphatic rings. The second kappa shape index (κ2) is 8.73. The van der Waals surface area contributed by atoms with Gasteiger partial charge in [-0.3, -0.25) is 10.1 Å². The summed E-state index contributed by atoms with van der Waals surface area (Å²) in [5.41, 5.74) is 0.725. The van der Waals surface area contributed by atoms with E-state index in [1.165, 1.54) is 6.33 Å². The Bertz CT molecular complexity index is 1020. The first-order valence-electron chi connectivity index (χ1n) is 8.20. The van der Waals surface area contributed by atoms with Crippen molar-refractivity contribution in [3.63, 3.8) is 0 Å². The van der Waals surface area contributed by atoms with E-state index in [1.54, 1.807) is 36.4 Å². The number of benzene rings is 2. The predicted molar refractivity (Wildman–Crippen MR) is 109 cm³/mol. The van der Waals surface area contributed by atoms with Crippen LogP contribution in [0.4, 0.5) is 28.7 Å². The molecule has 0 spiro atoms. The lowest BCUT2D eigenvalue weighted by Gasteiger charge is -2.13. The van der Waals surface area contributed by atoms with Gasteiger partial charge in [-0.2, -0.15) is 0 Å². The lowest BCUT2D eigenvalue weighted by atomic mass is 10.2. The molecule has 0 fully saturated rings. The van der Waals surface area contributed by atoms with Gasteiger partial charge < -0.3 is 15.4 Å². The fourth-order valence-electron chi connectivity index (χ4n) is 2.42. The number of hydrogen-bond acceptors (Lipinski definition) is 7. The van der Waals surface area contributed by atoms with Gasteiger partial charge in [0.15, 0.2) is 0 Å². The molecule has 0 bridgehead atoms. The van der Waals surface area contributed by atoms with Crippen LogP contribution in [-0.4, -0.2) is 21.5 Å². The molecule has 0 unspecified atom stereocenters. The van der Waals surface area contributed by atoms with Crippen molar-refractivity contribution >= 4 is 51.9 Å². The van der Waals surface area contributed by atoms with Crippen LogP contribution in [0.3, 0.4) is 0 Å². The monoisotopic (exact) mass is 419 g/mol. The SMILES string of the molecule is CCOc1ccccc1Nc1ncnc(Nc2ccc(Cl)c(Cl)c2)c1[N+](=O)[O-]. The minimum Gasteiger partial charge on any atom is -0.492 e. The summed E-state index contributed by atoms with van der Waals surface area (Å²) in [7, 11) is 0. The molecule has 0 saturated heterocycles. The molecule has 144 valence electrons. The number of nitrogens with zero attached hydrogens (tertiary/aromatic N) is 3. The Kier molecular flexibility index (Phi) is 6.13. The molecule has 10 heteroatoms. The van der Waals surface area contributed by atoms with Crippen molar-refractivity contribution in [3.8, 4) is 5.75 Å². The molecule has 1 aromatic heterocycles. The van der Waals surface area contributed by atoms with Crippen LogP contribution < -0.4 is 15.4 Å². The quantitative estimate of drug-likeness (QED) is 0.380. The van der Waals surface area contributed by atoms with E-state index in [0.717, 1.165) is 0 Å². The lowest BCUT2D eigenvalue weighted by molar-refractivity contribution is -0.383. The van der Waals surface area contributed by atoms with Gasteiger partial charge in [0.25, 0.3) is 0 Å². The van der Waals surface area contributed by atoms with Gasteiger partial charge in [0.1, 0.15) is 12.1 Å². The van der Waals surface area contributed by atoms with Crippen LogP contribution in [0.25, 0.3) is 0 Å².